The molecule has 0 aliphatic heterocycles. The summed E-state index contributed by atoms with van der Waals surface area (Å²) in [6.45, 7) is 0.896. The third-order valence-electron chi connectivity index (χ3n) is 2.48. The van der Waals surface area contributed by atoms with Crippen molar-refractivity contribution >= 4 is 11.6 Å². The molecule has 16 heavy (non-hydrogen) atoms. The molecule has 90 valence electrons. The standard InChI is InChI=1S/C12H18ClFN2/c1-16(2)7-6-9(15)8-10-11(13)4-3-5-12(10)14/h3-5,9H,6-8,15H2,1-2H3. The van der Waals surface area contributed by atoms with E-state index in [1.165, 1.54) is 6.07 Å². The molecule has 0 heterocycles. The highest BCUT2D eigenvalue weighted by Crippen LogP contribution is 2.20. The first kappa shape index (κ1) is 13.4. The Labute approximate surface area is 101 Å². The van der Waals surface area contributed by atoms with Crippen LogP contribution in [0.1, 0.15) is 12.0 Å². The van der Waals surface area contributed by atoms with Crippen molar-refractivity contribution in [2.75, 3.05) is 20.6 Å². The number of hydrogen-bond donors (Lipinski definition) is 1. The molecule has 2 nitrogen and oxygen atoms in total. The van der Waals surface area contributed by atoms with Gasteiger partial charge in [-0.3, -0.25) is 0 Å². The summed E-state index contributed by atoms with van der Waals surface area (Å²) in [7, 11) is 3.98. The lowest BCUT2D eigenvalue weighted by Gasteiger charge is -2.16. The fourth-order valence-electron chi connectivity index (χ4n) is 1.52. The van der Waals surface area contributed by atoms with E-state index in [0.29, 0.717) is 17.0 Å². The van der Waals surface area contributed by atoms with Crippen LogP contribution in [0.4, 0.5) is 4.39 Å². The van der Waals surface area contributed by atoms with Crippen LogP contribution in [0, 0.1) is 5.82 Å². The normalized spacial score (nSPS) is 13.1. The molecule has 0 spiro atoms. The maximum Gasteiger partial charge on any atom is 0.127 e. The van der Waals surface area contributed by atoms with Crippen LogP contribution in [0.5, 0.6) is 0 Å². The fourth-order valence-corrected chi connectivity index (χ4v) is 1.76. The minimum absolute atomic E-state index is 0.0585. The summed E-state index contributed by atoms with van der Waals surface area (Å²) in [4.78, 5) is 2.06. The van der Waals surface area contributed by atoms with E-state index < -0.39 is 0 Å². The Morgan fingerprint density at radius 2 is 2.12 bits per heavy atom. The van der Waals surface area contributed by atoms with E-state index in [1.54, 1.807) is 12.1 Å². The molecule has 0 aromatic heterocycles. The highest BCUT2D eigenvalue weighted by Gasteiger charge is 2.11. The van der Waals surface area contributed by atoms with Crippen LogP contribution in [0.25, 0.3) is 0 Å². The summed E-state index contributed by atoms with van der Waals surface area (Å²) in [5.74, 6) is -0.271. The van der Waals surface area contributed by atoms with Crippen molar-refractivity contribution in [1.29, 1.82) is 0 Å². The molecule has 0 bridgehead atoms. The van der Waals surface area contributed by atoms with Crippen LogP contribution >= 0.6 is 11.6 Å². The van der Waals surface area contributed by atoms with Gasteiger partial charge in [0.25, 0.3) is 0 Å². The van der Waals surface area contributed by atoms with E-state index >= 15 is 0 Å². The molecule has 1 atom stereocenters. The number of halogens is 2. The van der Waals surface area contributed by atoms with Crippen LogP contribution in [0.2, 0.25) is 5.02 Å². The average molecular weight is 245 g/mol. The highest BCUT2D eigenvalue weighted by molar-refractivity contribution is 6.31. The second kappa shape index (κ2) is 6.18. The van der Waals surface area contributed by atoms with Crippen molar-refractivity contribution in [3.8, 4) is 0 Å². The topological polar surface area (TPSA) is 29.3 Å². The van der Waals surface area contributed by atoms with Crippen LogP contribution in [0.3, 0.4) is 0 Å². The molecule has 0 amide bonds. The van der Waals surface area contributed by atoms with Gasteiger partial charge in [0.15, 0.2) is 0 Å². The van der Waals surface area contributed by atoms with Gasteiger partial charge in [-0.1, -0.05) is 17.7 Å². The number of hydrogen-bond acceptors (Lipinski definition) is 2. The van der Waals surface area contributed by atoms with Crippen molar-refractivity contribution in [2.24, 2.45) is 5.73 Å². The smallest absolute Gasteiger partial charge is 0.127 e. The van der Waals surface area contributed by atoms with E-state index in [9.17, 15) is 4.39 Å². The number of nitrogens with zero attached hydrogens (tertiary/aromatic N) is 1. The third-order valence-corrected chi connectivity index (χ3v) is 2.83. The maximum atomic E-state index is 13.5. The quantitative estimate of drug-likeness (QED) is 0.861. The first-order valence-corrected chi connectivity index (χ1v) is 5.71. The van der Waals surface area contributed by atoms with Gasteiger partial charge in [-0.2, -0.15) is 0 Å². The molecule has 0 saturated carbocycles. The van der Waals surface area contributed by atoms with Crippen molar-refractivity contribution in [3.63, 3.8) is 0 Å². The number of nitrogens with two attached hydrogens (primary N) is 1. The van der Waals surface area contributed by atoms with Gasteiger partial charge < -0.3 is 10.6 Å². The largest absolute Gasteiger partial charge is 0.327 e. The maximum absolute atomic E-state index is 13.5. The van der Waals surface area contributed by atoms with Gasteiger partial charge in [0.05, 0.1) is 0 Å². The number of benzene rings is 1. The van der Waals surface area contributed by atoms with Crippen molar-refractivity contribution in [2.45, 2.75) is 18.9 Å². The van der Waals surface area contributed by atoms with E-state index in [-0.39, 0.29) is 11.9 Å². The van der Waals surface area contributed by atoms with Gasteiger partial charge in [0.2, 0.25) is 0 Å². The Morgan fingerprint density at radius 1 is 1.44 bits per heavy atom. The molecule has 1 rings (SSSR count). The summed E-state index contributed by atoms with van der Waals surface area (Å²) in [5, 5.41) is 0.459. The van der Waals surface area contributed by atoms with E-state index in [2.05, 4.69) is 4.90 Å². The summed E-state index contributed by atoms with van der Waals surface area (Å²) < 4.78 is 13.5. The molecule has 2 N–H and O–H groups in total. The van der Waals surface area contributed by atoms with Gasteiger partial charge >= 0.3 is 0 Å². The summed E-state index contributed by atoms with van der Waals surface area (Å²) in [6, 6.07) is 4.65. The lowest BCUT2D eigenvalue weighted by atomic mass is 10.0. The van der Waals surface area contributed by atoms with Crippen LogP contribution in [0.15, 0.2) is 18.2 Å². The predicted octanol–water partition coefficient (Wildman–Crippen LogP) is 2.30. The molecule has 0 aliphatic carbocycles. The Hall–Kier alpha value is -0.640. The van der Waals surface area contributed by atoms with Crippen LogP contribution in [-0.4, -0.2) is 31.6 Å². The lowest BCUT2D eigenvalue weighted by molar-refractivity contribution is 0.378. The Morgan fingerprint density at radius 3 is 2.69 bits per heavy atom. The minimum atomic E-state index is -0.271. The van der Waals surface area contributed by atoms with Crippen molar-refractivity contribution < 1.29 is 4.39 Å². The minimum Gasteiger partial charge on any atom is -0.327 e. The van der Waals surface area contributed by atoms with Gasteiger partial charge in [0, 0.05) is 16.6 Å². The number of rotatable bonds is 5. The first-order valence-electron chi connectivity index (χ1n) is 5.34. The highest BCUT2D eigenvalue weighted by atomic mass is 35.5. The fraction of sp³-hybridized carbons (Fsp3) is 0.500. The van der Waals surface area contributed by atoms with Gasteiger partial charge in [-0.25, -0.2) is 4.39 Å². The second-order valence-electron chi connectivity index (χ2n) is 4.26. The van der Waals surface area contributed by atoms with E-state index in [1.807, 2.05) is 14.1 Å². The summed E-state index contributed by atoms with van der Waals surface area (Å²) >= 11 is 5.93. The van der Waals surface area contributed by atoms with E-state index in [0.717, 1.165) is 13.0 Å². The summed E-state index contributed by atoms with van der Waals surface area (Å²) in [5.41, 5.74) is 6.46. The van der Waals surface area contributed by atoms with Gasteiger partial charge in [-0.05, 0) is 45.6 Å². The molecule has 1 aromatic carbocycles. The molecule has 0 radical (unpaired) electrons. The van der Waals surface area contributed by atoms with Crippen LogP contribution < -0.4 is 5.73 Å². The molecule has 0 saturated heterocycles. The molecule has 1 unspecified atom stereocenters. The zero-order chi connectivity index (χ0) is 12.1. The molecule has 1 aromatic rings. The zero-order valence-corrected chi connectivity index (χ0v) is 10.5. The lowest BCUT2D eigenvalue weighted by Crippen LogP contribution is -2.28. The SMILES string of the molecule is CN(C)CCC(N)Cc1c(F)cccc1Cl. The average Bonchev–Trinajstić information content (AvgIpc) is 2.21. The van der Waals surface area contributed by atoms with Crippen molar-refractivity contribution in [1.82, 2.24) is 4.90 Å². The Kier molecular flexibility index (Phi) is 5.19. The van der Waals surface area contributed by atoms with Gasteiger partial charge in [-0.15, -0.1) is 0 Å². The Balaban J connectivity index is 2.59. The summed E-state index contributed by atoms with van der Waals surface area (Å²) in [6.07, 6.45) is 1.32. The monoisotopic (exact) mass is 244 g/mol. The van der Waals surface area contributed by atoms with Crippen LogP contribution in [-0.2, 0) is 6.42 Å². The molecular formula is C12H18ClFN2. The second-order valence-corrected chi connectivity index (χ2v) is 4.66. The molecule has 0 fully saturated rings. The first-order chi connectivity index (χ1) is 7.50. The molecule has 4 heteroatoms. The zero-order valence-electron chi connectivity index (χ0n) is 9.71. The third kappa shape index (κ3) is 4.08. The molecular weight excluding hydrogens is 227 g/mol. The predicted molar refractivity (Wildman–Crippen MR) is 66.3 cm³/mol. The van der Waals surface area contributed by atoms with Gasteiger partial charge in [0.1, 0.15) is 5.82 Å². The van der Waals surface area contributed by atoms with E-state index in [4.69, 9.17) is 17.3 Å². The Bertz CT molecular complexity index is 322. The van der Waals surface area contributed by atoms with Crippen molar-refractivity contribution in [3.05, 3.63) is 34.6 Å². The molecule has 0 aliphatic rings.